The van der Waals surface area contributed by atoms with Gasteiger partial charge in [-0.25, -0.2) is 0 Å². The van der Waals surface area contributed by atoms with Gasteiger partial charge in [0.15, 0.2) is 0 Å². The number of hydrogen-bond acceptors (Lipinski definition) is 5. The molecular formula is C6H12O5. The standard InChI is InChI=1S/C6H12O5/c7-1-4-6(10)5(9)3(8)2-11-4/h3-10H,1-2H2/t3-,4?,5?,6?/m0/s1. The molecule has 4 N–H and O–H groups in total. The predicted octanol–water partition coefficient (Wildman–Crippen LogP) is -2.54. The number of hydrogen-bond donors (Lipinski definition) is 4. The van der Waals surface area contributed by atoms with Crippen LogP contribution in [0.15, 0.2) is 0 Å². The van der Waals surface area contributed by atoms with Gasteiger partial charge >= 0.3 is 0 Å². The van der Waals surface area contributed by atoms with Crippen molar-refractivity contribution in [2.75, 3.05) is 13.2 Å². The molecule has 0 amide bonds. The average Bonchev–Trinajstić information content (AvgIpc) is 2.01. The first-order valence-corrected chi connectivity index (χ1v) is 3.43. The van der Waals surface area contributed by atoms with Crippen molar-refractivity contribution in [3.8, 4) is 0 Å². The lowest BCUT2D eigenvalue weighted by Gasteiger charge is -2.34. The van der Waals surface area contributed by atoms with Crippen molar-refractivity contribution in [1.29, 1.82) is 0 Å². The third-order valence-corrected chi connectivity index (χ3v) is 1.79. The van der Waals surface area contributed by atoms with Gasteiger partial charge in [0.1, 0.15) is 24.4 Å². The van der Waals surface area contributed by atoms with Gasteiger partial charge in [-0.15, -0.1) is 0 Å². The lowest BCUT2D eigenvalue weighted by atomic mass is 10.0. The summed E-state index contributed by atoms with van der Waals surface area (Å²) in [6.07, 6.45) is -4.27. The molecule has 66 valence electrons. The van der Waals surface area contributed by atoms with Gasteiger partial charge in [0.2, 0.25) is 0 Å². The maximum atomic E-state index is 9.11. The summed E-state index contributed by atoms with van der Waals surface area (Å²) in [5, 5.41) is 35.7. The second-order valence-corrected chi connectivity index (χ2v) is 2.60. The maximum absolute atomic E-state index is 9.11. The maximum Gasteiger partial charge on any atom is 0.111 e. The molecule has 1 aliphatic rings. The van der Waals surface area contributed by atoms with Gasteiger partial charge in [0.25, 0.3) is 0 Å². The van der Waals surface area contributed by atoms with Crippen molar-refractivity contribution >= 4 is 0 Å². The average molecular weight is 164 g/mol. The number of aliphatic hydroxyl groups is 4. The molecular weight excluding hydrogens is 152 g/mol. The van der Waals surface area contributed by atoms with E-state index in [2.05, 4.69) is 0 Å². The molecule has 5 heteroatoms. The van der Waals surface area contributed by atoms with E-state index in [1.807, 2.05) is 0 Å². The fourth-order valence-corrected chi connectivity index (χ4v) is 1.03. The molecule has 3 unspecified atom stereocenters. The Labute approximate surface area is 63.8 Å². The van der Waals surface area contributed by atoms with Crippen LogP contribution in [-0.2, 0) is 4.74 Å². The molecule has 0 aromatic heterocycles. The summed E-state index contributed by atoms with van der Waals surface area (Å²) in [5.74, 6) is 0. The Morgan fingerprint density at radius 2 is 1.82 bits per heavy atom. The minimum absolute atomic E-state index is 0.0521. The lowest BCUT2D eigenvalue weighted by molar-refractivity contribution is -0.195. The van der Waals surface area contributed by atoms with Crippen LogP contribution in [0.2, 0.25) is 0 Å². The molecule has 1 saturated heterocycles. The van der Waals surface area contributed by atoms with Crippen LogP contribution >= 0.6 is 0 Å². The highest BCUT2D eigenvalue weighted by Gasteiger charge is 2.36. The van der Waals surface area contributed by atoms with E-state index in [0.717, 1.165) is 0 Å². The Morgan fingerprint density at radius 1 is 1.18 bits per heavy atom. The van der Waals surface area contributed by atoms with E-state index in [4.69, 9.17) is 25.2 Å². The van der Waals surface area contributed by atoms with E-state index in [1.165, 1.54) is 0 Å². The molecule has 1 rings (SSSR count). The molecule has 1 heterocycles. The molecule has 0 aliphatic carbocycles. The van der Waals surface area contributed by atoms with Gasteiger partial charge in [-0.1, -0.05) is 0 Å². The summed E-state index contributed by atoms with van der Waals surface area (Å²) in [7, 11) is 0. The zero-order valence-corrected chi connectivity index (χ0v) is 5.92. The van der Waals surface area contributed by atoms with Gasteiger partial charge in [0, 0.05) is 0 Å². The van der Waals surface area contributed by atoms with Crippen LogP contribution in [0.25, 0.3) is 0 Å². The number of rotatable bonds is 1. The van der Waals surface area contributed by atoms with Crippen LogP contribution in [0.4, 0.5) is 0 Å². The van der Waals surface area contributed by atoms with Crippen molar-refractivity contribution < 1.29 is 25.2 Å². The minimum atomic E-state index is -1.22. The molecule has 11 heavy (non-hydrogen) atoms. The molecule has 0 spiro atoms. The van der Waals surface area contributed by atoms with E-state index in [1.54, 1.807) is 0 Å². The van der Waals surface area contributed by atoms with Crippen LogP contribution in [0, 0.1) is 0 Å². The Balaban J connectivity index is 2.52. The summed E-state index contributed by atoms with van der Waals surface area (Å²) in [6, 6.07) is 0. The Bertz CT molecular complexity index is 126. The van der Waals surface area contributed by atoms with E-state index in [-0.39, 0.29) is 13.2 Å². The zero-order chi connectivity index (χ0) is 8.43. The molecule has 1 aliphatic heterocycles. The van der Waals surface area contributed by atoms with E-state index in [0.29, 0.717) is 0 Å². The van der Waals surface area contributed by atoms with Gasteiger partial charge in [-0.05, 0) is 0 Å². The van der Waals surface area contributed by atoms with E-state index < -0.39 is 24.4 Å². The Morgan fingerprint density at radius 3 is 2.36 bits per heavy atom. The number of aliphatic hydroxyl groups excluding tert-OH is 4. The third-order valence-electron chi connectivity index (χ3n) is 1.79. The van der Waals surface area contributed by atoms with Crippen molar-refractivity contribution in [3.63, 3.8) is 0 Å². The van der Waals surface area contributed by atoms with Crippen molar-refractivity contribution in [2.24, 2.45) is 0 Å². The van der Waals surface area contributed by atoms with Crippen molar-refractivity contribution in [3.05, 3.63) is 0 Å². The summed E-state index contributed by atoms with van der Waals surface area (Å²) in [5.41, 5.74) is 0. The molecule has 1 fully saturated rings. The summed E-state index contributed by atoms with van der Waals surface area (Å²) in [4.78, 5) is 0. The summed E-state index contributed by atoms with van der Waals surface area (Å²) < 4.78 is 4.81. The van der Waals surface area contributed by atoms with Crippen LogP contribution < -0.4 is 0 Å². The molecule has 5 nitrogen and oxygen atoms in total. The highest BCUT2D eigenvalue weighted by molar-refractivity contribution is 4.85. The molecule has 0 aromatic rings. The van der Waals surface area contributed by atoms with Crippen molar-refractivity contribution in [1.82, 2.24) is 0 Å². The monoisotopic (exact) mass is 164 g/mol. The van der Waals surface area contributed by atoms with Crippen LogP contribution in [0.5, 0.6) is 0 Å². The summed E-state index contributed by atoms with van der Waals surface area (Å²) in [6.45, 7) is -0.408. The Kier molecular flexibility index (Phi) is 2.80. The number of ether oxygens (including phenoxy) is 1. The fraction of sp³-hybridized carbons (Fsp3) is 1.00. The van der Waals surface area contributed by atoms with Gasteiger partial charge in [-0.3, -0.25) is 0 Å². The van der Waals surface area contributed by atoms with Crippen LogP contribution in [0.1, 0.15) is 0 Å². The topological polar surface area (TPSA) is 90.2 Å². The highest BCUT2D eigenvalue weighted by Crippen LogP contribution is 2.14. The van der Waals surface area contributed by atoms with E-state index in [9.17, 15) is 0 Å². The first kappa shape index (κ1) is 8.89. The molecule has 0 aromatic carbocycles. The molecule has 0 bridgehead atoms. The fourth-order valence-electron chi connectivity index (χ4n) is 1.03. The van der Waals surface area contributed by atoms with Crippen LogP contribution in [0.3, 0.4) is 0 Å². The normalized spacial score (nSPS) is 45.8. The largest absolute Gasteiger partial charge is 0.394 e. The zero-order valence-electron chi connectivity index (χ0n) is 5.92. The first-order valence-electron chi connectivity index (χ1n) is 3.43. The van der Waals surface area contributed by atoms with Crippen LogP contribution in [-0.4, -0.2) is 58.1 Å². The van der Waals surface area contributed by atoms with Gasteiger partial charge < -0.3 is 25.2 Å². The predicted molar refractivity (Wildman–Crippen MR) is 34.8 cm³/mol. The van der Waals surface area contributed by atoms with E-state index >= 15 is 0 Å². The first-order chi connectivity index (χ1) is 5.16. The second kappa shape index (κ2) is 3.46. The third kappa shape index (κ3) is 1.69. The molecule has 4 atom stereocenters. The highest BCUT2D eigenvalue weighted by atomic mass is 16.5. The smallest absolute Gasteiger partial charge is 0.111 e. The van der Waals surface area contributed by atoms with Gasteiger partial charge in [0.05, 0.1) is 13.2 Å². The van der Waals surface area contributed by atoms with Crippen molar-refractivity contribution in [2.45, 2.75) is 24.4 Å². The molecule has 0 radical (unpaired) electrons. The Hall–Kier alpha value is -0.200. The SMILES string of the molecule is OCC1OC[C@H](O)C(O)C1O. The lowest BCUT2D eigenvalue weighted by Crippen LogP contribution is -2.53. The molecule has 0 saturated carbocycles. The van der Waals surface area contributed by atoms with Gasteiger partial charge in [-0.2, -0.15) is 0 Å². The second-order valence-electron chi connectivity index (χ2n) is 2.60. The minimum Gasteiger partial charge on any atom is -0.394 e. The quantitative estimate of drug-likeness (QED) is 0.343. The summed E-state index contributed by atoms with van der Waals surface area (Å²) >= 11 is 0.